The van der Waals surface area contributed by atoms with Gasteiger partial charge in [0.15, 0.2) is 0 Å². The van der Waals surface area contributed by atoms with Gasteiger partial charge in [0.1, 0.15) is 11.5 Å². The standard InChI is InChI=1S/C17H16N2O2/c1-2-21-17(20)15-11-18-16(19-15)10-12-7-8-13-5-3-4-6-14(13)9-12/h3-9,11H,2,10H2,1H3,(H,18,19). The van der Waals surface area contributed by atoms with Gasteiger partial charge in [-0.1, -0.05) is 42.5 Å². The molecular weight excluding hydrogens is 264 g/mol. The summed E-state index contributed by atoms with van der Waals surface area (Å²) in [6.45, 7) is 2.14. The SMILES string of the molecule is CCOC(=O)c1cnc(Cc2ccc3ccccc3c2)[nH]1. The van der Waals surface area contributed by atoms with E-state index in [2.05, 4.69) is 40.3 Å². The highest BCUT2D eigenvalue weighted by Crippen LogP contribution is 2.17. The second-order valence-corrected chi connectivity index (χ2v) is 4.82. The first kappa shape index (κ1) is 13.4. The number of imidazole rings is 1. The molecule has 0 saturated heterocycles. The highest BCUT2D eigenvalue weighted by Gasteiger charge is 2.10. The van der Waals surface area contributed by atoms with Crippen molar-refractivity contribution in [3.8, 4) is 0 Å². The third-order valence-corrected chi connectivity index (χ3v) is 3.31. The molecule has 1 N–H and O–H groups in total. The lowest BCUT2D eigenvalue weighted by molar-refractivity contribution is 0.0520. The van der Waals surface area contributed by atoms with Crippen LogP contribution in [0.25, 0.3) is 10.8 Å². The van der Waals surface area contributed by atoms with Gasteiger partial charge < -0.3 is 9.72 Å². The molecule has 4 nitrogen and oxygen atoms in total. The number of H-pyrrole nitrogens is 1. The van der Waals surface area contributed by atoms with Gasteiger partial charge >= 0.3 is 5.97 Å². The van der Waals surface area contributed by atoms with Gasteiger partial charge in [0.2, 0.25) is 0 Å². The van der Waals surface area contributed by atoms with E-state index in [9.17, 15) is 4.79 Å². The summed E-state index contributed by atoms with van der Waals surface area (Å²) in [4.78, 5) is 18.8. The summed E-state index contributed by atoms with van der Waals surface area (Å²) in [6, 6.07) is 14.5. The van der Waals surface area contributed by atoms with Crippen molar-refractivity contribution in [2.75, 3.05) is 6.61 Å². The van der Waals surface area contributed by atoms with Gasteiger partial charge in [0, 0.05) is 6.42 Å². The molecule has 0 unspecified atom stereocenters. The number of aromatic amines is 1. The van der Waals surface area contributed by atoms with Crippen LogP contribution in [0.1, 0.15) is 28.8 Å². The predicted octanol–water partition coefficient (Wildman–Crippen LogP) is 3.33. The van der Waals surface area contributed by atoms with Crippen molar-refractivity contribution in [3.63, 3.8) is 0 Å². The third kappa shape index (κ3) is 2.94. The first-order chi connectivity index (χ1) is 10.3. The van der Waals surface area contributed by atoms with Crippen LogP contribution in [0.4, 0.5) is 0 Å². The van der Waals surface area contributed by atoms with Crippen molar-refractivity contribution >= 4 is 16.7 Å². The van der Waals surface area contributed by atoms with Gasteiger partial charge in [-0.15, -0.1) is 0 Å². The van der Waals surface area contributed by atoms with Crippen molar-refractivity contribution in [2.45, 2.75) is 13.3 Å². The number of nitrogens with zero attached hydrogens (tertiary/aromatic N) is 1. The Hall–Kier alpha value is -2.62. The molecule has 106 valence electrons. The molecule has 0 fully saturated rings. The van der Waals surface area contributed by atoms with Crippen molar-refractivity contribution < 1.29 is 9.53 Å². The Bertz CT molecular complexity index is 777. The van der Waals surface area contributed by atoms with Crippen molar-refractivity contribution in [2.24, 2.45) is 0 Å². The number of nitrogens with one attached hydrogen (secondary N) is 1. The average Bonchev–Trinajstić information content (AvgIpc) is 2.96. The smallest absolute Gasteiger partial charge is 0.356 e. The van der Waals surface area contributed by atoms with E-state index in [1.165, 1.54) is 17.0 Å². The summed E-state index contributed by atoms with van der Waals surface area (Å²) < 4.78 is 4.94. The Balaban J connectivity index is 1.80. The van der Waals surface area contributed by atoms with Crippen molar-refractivity contribution in [1.82, 2.24) is 9.97 Å². The maximum absolute atomic E-state index is 11.6. The molecular formula is C17H16N2O2. The quantitative estimate of drug-likeness (QED) is 0.746. The predicted molar refractivity (Wildman–Crippen MR) is 81.3 cm³/mol. The van der Waals surface area contributed by atoms with Crippen LogP contribution < -0.4 is 0 Å². The van der Waals surface area contributed by atoms with Crippen LogP contribution in [-0.4, -0.2) is 22.5 Å². The Morgan fingerprint density at radius 1 is 1.19 bits per heavy atom. The van der Waals surface area contributed by atoms with Gasteiger partial charge in [-0.3, -0.25) is 0 Å². The molecule has 0 atom stereocenters. The molecule has 0 saturated carbocycles. The number of carbonyl (C=O) groups excluding carboxylic acids is 1. The molecule has 21 heavy (non-hydrogen) atoms. The fourth-order valence-electron chi connectivity index (χ4n) is 2.31. The highest BCUT2D eigenvalue weighted by atomic mass is 16.5. The number of hydrogen-bond acceptors (Lipinski definition) is 3. The summed E-state index contributed by atoms with van der Waals surface area (Å²) >= 11 is 0. The van der Waals surface area contributed by atoms with E-state index in [-0.39, 0.29) is 5.97 Å². The zero-order valence-corrected chi connectivity index (χ0v) is 11.8. The number of ether oxygens (including phenoxy) is 1. The lowest BCUT2D eigenvalue weighted by atomic mass is 10.1. The Kier molecular flexibility index (Phi) is 3.69. The molecule has 3 aromatic rings. The Labute approximate surface area is 122 Å². The van der Waals surface area contributed by atoms with Crippen LogP contribution in [0.2, 0.25) is 0 Å². The zero-order valence-electron chi connectivity index (χ0n) is 11.8. The largest absolute Gasteiger partial charge is 0.461 e. The molecule has 0 aliphatic rings. The molecule has 0 bridgehead atoms. The zero-order chi connectivity index (χ0) is 14.7. The average molecular weight is 280 g/mol. The summed E-state index contributed by atoms with van der Waals surface area (Å²) in [5.74, 6) is 0.392. The fraction of sp³-hybridized carbons (Fsp3) is 0.176. The first-order valence-corrected chi connectivity index (χ1v) is 6.95. The van der Waals surface area contributed by atoms with Gasteiger partial charge in [0.25, 0.3) is 0 Å². The van der Waals surface area contributed by atoms with Gasteiger partial charge in [-0.05, 0) is 23.3 Å². The summed E-state index contributed by atoms with van der Waals surface area (Å²) in [7, 11) is 0. The Morgan fingerprint density at radius 2 is 2.00 bits per heavy atom. The number of esters is 1. The van der Waals surface area contributed by atoms with Gasteiger partial charge in [0.05, 0.1) is 12.8 Å². The minimum absolute atomic E-state index is 0.359. The van der Waals surface area contributed by atoms with Crippen molar-refractivity contribution in [1.29, 1.82) is 0 Å². The van der Waals surface area contributed by atoms with E-state index in [1.807, 2.05) is 12.1 Å². The van der Waals surface area contributed by atoms with Crippen LogP contribution in [0, 0.1) is 0 Å². The van der Waals surface area contributed by atoms with E-state index in [0.717, 1.165) is 11.4 Å². The molecule has 0 aliphatic heterocycles. The number of aromatic nitrogens is 2. The maximum atomic E-state index is 11.6. The summed E-state index contributed by atoms with van der Waals surface area (Å²) in [6.07, 6.45) is 2.18. The highest BCUT2D eigenvalue weighted by molar-refractivity contribution is 5.87. The third-order valence-electron chi connectivity index (χ3n) is 3.31. The molecule has 2 aromatic carbocycles. The second kappa shape index (κ2) is 5.79. The normalized spacial score (nSPS) is 10.7. The van der Waals surface area contributed by atoms with Crippen LogP contribution in [0.5, 0.6) is 0 Å². The molecule has 0 radical (unpaired) electrons. The number of fused-ring (bicyclic) bond motifs is 1. The fourth-order valence-corrected chi connectivity index (χ4v) is 2.31. The molecule has 1 aromatic heterocycles. The molecule has 1 heterocycles. The Morgan fingerprint density at radius 3 is 2.81 bits per heavy atom. The number of benzene rings is 2. The summed E-state index contributed by atoms with van der Waals surface area (Å²) in [5.41, 5.74) is 1.55. The van der Waals surface area contributed by atoms with E-state index in [0.29, 0.717) is 18.7 Å². The molecule has 0 aliphatic carbocycles. The van der Waals surface area contributed by atoms with Gasteiger partial charge in [-0.2, -0.15) is 0 Å². The minimum atomic E-state index is -0.366. The first-order valence-electron chi connectivity index (χ1n) is 6.95. The molecule has 0 amide bonds. The second-order valence-electron chi connectivity index (χ2n) is 4.82. The van der Waals surface area contributed by atoms with Crippen LogP contribution >= 0.6 is 0 Å². The lowest BCUT2D eigenvalue weighted by Crippen LogP contribution is -2.05. The number of hydrogen-bond donors (Lipinski definition) is 1. The van der Waals surface area contributed by atoms with Crippen LogP contribution in [-0.2, 0) is 11.2 Å². The van der Waals surface area contributed by atoms with E-state index >= 15 is 0 Å². The minimum Gasteiger partial charge on any atom is -0.461 e. The van der Waals surface area contributed by atoms with Crippen LogP contribution in [0.3, 0.4) is 0 Å². The maximum Gasteiger partial charge on any atom is 0.356 e. The summed E-state index contributed by atoms with van der Waals surface area (Å²) in [5, 5.41) is 2.42. The van der Waals surface area contributed by atoms with Gasteiger partial charge in [-0.25, -0.2) is 9.78 Å². The van der Waals surface area contributed by atoms with E-state index in [1.54, 1.807) is 6.92 Å². The molecule has 4 heteroatoms. The number of carbonyl (C=O) groups is 1. The van der Waals surface area contributed by atoms with E-state index in [4.69, 9.17) is 4.74 Å². The molecule has 0 spiro atoms. The topological polar surface area (TPSA) is 55.0 Å². The lowest BCUT2D eigenvalue weighted by Gasteiger charge is -2.02. The molecule has 3 rings (SSSR count). The monoisotopic (exact) mass is 280 g/mol. The van der Waals surface area contributed by atoms with E-state index < -0.39 is 0 Å². The van der Waals surface area contributed by atoms with Crippen LogP contribution in [0.15, 0.2) is 48.7 Å². The number of rotatable bonds is 4. The van der Waals surface area contributed by atoms with Crippen molar-refractivity contribution in [3.05, 3.63) is 65.7 Å².